The second-order valence-electron chi connectivity index (χ2n) is 7.13. The van der Waals surface area contributed by atoms with Crippen molar-refractivity contribution in [3.05, 3.63) is 53.6 Å². The molecule has 0 spiro atoms. The fourth-order valence-electron chi connectivity index (χ4n) is 3.64. The molecule has 0 aliphatic carbocycles. The number of ether oxygens (including phenoxy) is 3. The van der Waals surface area contributed by atoms with Gasteiger partial charge >= 0.3 is 0 Å². The summed E-state index contributed by atoms with van der Waals surface area (Å²) in [7, 11) is 3.15. The van der Waals surface area contributed by atoms with E-state index in [1.165, 1.54) is 0 Å². The second kappa shape index (κ2) is 11.7. The zero-order chi connectivity index (χ0) is 20.6. The number of nitrogens with zero attached hydrogens (tertiary/aromatic N) is 1. The largest absolute Gasteiger partial charge is 0.493 e. The van der Waals surface area contributed by atoms with Gasteiger partial charge in [-0.05, 0) is 37.1 Å². The van der Waals surface area contributed by atoms with E-state index in [4.69, 9.17) is 14.2 Å². The number of carbonyl (C=O) groups is 1. The molecule has 1 heterocycles. The number of carbonyl (C=O) groups excluding carboxylic acids is 1. The maximum absolute atomic E-state index is 13.3. The summed E-state index contributed by atoms with van der Waals surface area (Å²) in [5.41, 5.74) is 1.59. The first-order valence-corrected chi connectivity index (χ1v) is 10.1. The van der Waals surface area contributed by atoms with Crippen LogP contribution in [0.25, 0.3) is 0 Å². The number of amides is 1. The Balaban J connectivity index is 0.00000320. The Morgan fingerprint density at radius 1 is 1.13 bits per heavy atom. The highest BCUT2D eigenvalue weighted by Crippen LogP contribution is 2.39. The van der Waals surface area contributed by atoms with Crippen LogP contribution in [0.5, 0.6) is 17.2 Å². The van der Waals surface area contributed by atoms with Gasteiger partial charge in [-0.3, -0.25) is 4.79 Å². The van der Waals surface area contributed by atoms with Crippen LogP contribution in [-0.2, 0) is 6.61 Å². The smallest absolute Gasteiger partial charge is 0.254 e. The molecule has 0 saturated carbocycles. The average Bonchev–Trinajstić information content (AvgIpc) is 3.30. The molecule has 0 radical (unpaired) electrons. The number of nitrogens with one attached hydrogen (secondary N) is 1. The van der Waals surface area contributed by atoms with Gasteiger partial charge in [0.05, 0.1) is 14.2 Å². The monoisotopic (exact) mass is 434 g/mol. The summed E-state index contributed by atoms with van der Waals surface area (Å²) < 4.78 is 17.1. The molecule has 1 fully saturated rings. The van der Waals surface area contributed by atoms with Gasteiger partial charge in [-0.2, -0.15) is 0 Å². The molecule has 164 valence electrons. The van der Waals surface area contributed by atoms with E-state index in [9.17, 15) is 4.79 Å². The molecule has 6 nitrogen and oxygen atoms in total. The third kappa shape index (κ3) is 5.58. The molecule has 0 aromatic heterocycles. The van der Waals surface area contributed by atoms with E-state index in [1.54, 1.807) is 26.4 Å². The molecule has 2 aromatic rings. The first-order chi connectivity index (χ1) is 14.2. The molecule has 1 amide bonds. The first-order valence-electron chi connectivity index (χ1n) is 10.1. The van der Waals surface area contributed by atoms with Crippen molar-refractivity contribution in [3.8, 4) is 17.2 Å². The summed E-state index contributed by atoms with van der Waals surface area (Å²) in [6.07, 6.45) is 1.88. The molecule has 1 saturated heterocycles. The fraction of sp³-hybridized carbons (Fsp3) is 0.435. The lowest BCUT2D eigenvalue weighted by molar-refractivity contribution is 0.0691. The molecule has 30 heavy (non-hydrogen) atoms. The molecule has 1 atom stereocenters. The molecule has 1 unspecified atom stereocenters. The normalized spacial score (nSPS) is 15.2. The van der Waals surface area contributed by atoms with Crippen molar-refractivity contribution in [2.45, 2.75) is 32.4 Å². The third-order valence-corrected chi connectivity index (χ3v) is 5.13. The Morgan fingerprint density at radius 3 is 2.33 bits per heavy atom. The lowest BCUT2D eigenvalue weighted by Crippen LogP contribution is -2.42. The molecule has 1 aliphatic heterocycles. The molecule has 2 aromatic carbocycles. The van der Waals surface area contributed by atoms with Crippen LogP contribution in [0.1, 0.15) is 35.7 Å². The van der Waals surface area contributed by atoms with Crippen molar-refractivity contribution >= 4 is 18.3 Å². The summed E-state index contributed by atoms with van der Waals surface area (Å²) in [5, 5.41) is 3.34. The van der Waals surface area contributed by atoms with Crippen LogP contribution in [0.2, 0.25) is 0 Å². The number of halogens is 1. The van der Waals surface area contributed by atoms with E-state index in [0.717, 1.165) is 38.0 Å². The summed E-state index contributed by atoms with van der Waals surface area (Å²) >= 11 is 0. The van der Waals surface area contributed by atoms with Crippen LogP contribution in [0.15, 0.2) is 42.5 Å². The Kier molecular flexibility index (Phi) is 9.27. The van der Waals surface area contributed by atoms with Gasteiger partial charge in [0.25, 0.3) is 5.91 Å². The molecular weight excluding hydrogens is 404 g/mol. The van der Waals surface area contributed by atoms with E-state index in [0.29, 0.717) is 29.4 Å². The van der Waals surface area contributed by atoms with Crippen LogP contribution >= 0.6 is 12.4 Å². The average molecular weight is 435 g/mol. The van der Waals surface area contributed by atoms with Gasteiger partial charge in [0.1, 0.15) is 6.61 Å². The number of hydrogen-bond donors (Lipinski definition) is 1. The van der Waals surface area contributed by atoms with E-state index >= 15 is 0 Å². The molecule has 3 rings (SSSR count). The van der Waals surface area contributed by atoms with E-state index in [2.05, 4.69) is 12.2 Å². The standard InChI is InChI=1S/C23H30N2O4.ClH/c1-4-12-25(19-10-11-24-15-19)23(26)18-13-20(27-2)22(21(14-18)28-3)29-16-17-8-6-5-7-9-17;/h5-9,13-14,19,24H,4,10-12,15-16H2,1-3H3;1H. The molecule has 7 heteroatoms. The number of hydrogen-bond acceptors (Lipinski definition) is 5. The minimum Gasteiger partial charge on any atom is -0.493 e. The van der Waals surface area contributed by atoms with Gasteiger partial charge in [-0.1, -0.05) is 37.3 Å². The predicted octanol–water partition coefficient (Wildman–Crippen LogP) is 3.92. The topological polar surface area (TPSA) is 60.0 Å². The number of benzene rings is 2. The molecule has 0 bridgehead atoms. The van der Waals surface area contributed by atoms with Crippen LogP contribution in [0.4, 0.5) is 0 Å². The highest BCUT2D eigenvalue weighted by atomic mass is 35.5. The second-order valence-corrected chi connectivity index (χ2v) is 7.13. The maximum atomic E-state index is 13.3. The van der Waals surface area contributed by atoms with Crippen molar-refractivity contribution in [2.75, 3.05) is 33.9 Å². The maximum Gasteiger partial charge on any atom is 0.254 e. The van der Waals surface area contributed by atoms with E-state index in [-0.39, 0.29) is 24.4 Å². The van der Waals surface area contributed by atoms with Crippen molar-refractivity contribution in [1.82, 2.24) is 10.2 Å². The quantitative estimate of drug-likeness (QED) is 0.648. The van der Waals surface area contributed by atoms with Gasteiger partial charge in [0, 0.05) is 24.7 Å². The van der Waals surface area contributed by atoms with Crippen molar-refractivity contribution in [1.29, 1.82) is 0 Å². The van der Waals surface area contributed by atoms with Crippen LogP contribution in [0.3, 0.4) is 0 Å². The predicted molar refractivity (Wildman–Crippen MR) is 120 cm³/mol. The highest BCUT2D eigenvalue weighted by molar-refractivity contribution is 5.96. The fourth-order valence-corrected chi connectivity index (χ4v) is 3.64. The number of rotatable bonds is 9. The lowest BCUT2D eigenvalue weighted by Gasteiger charge is -2.28. The minimum absolute atomic E-state index is 0. The van der Waals surface area contributed by atoms with Crippen molar-refractivity contribution in [2.24, 2.45) is 0 Å². The molecule has 1 aliphatic rings. The number of methoxy groups -OCH3 is 2. The lowest BCUT2D eigenvalue weighted by atomic mass is 10.1. The zero-order valence-electron chi connectivity index (χ0n) is 17.8. The summed E-state index contributed by atoms with van der Waals surface area (Å²) in [6.45, 7) is 4.97. The van der Waals surface area contributed by atoms with Gasteiger partial charge in [0.2, 0.25) is 5.75 Å². The van der Waals surface area contributed by atoms with Crippen LogP contribution in [-0.4, -0.2) is 50.7 Å². The van der Waals surface area contributed by atoms with Crippen LogP contribution < -0.4 is 19.5 Å². The van der Waals surface area contributed by atoms with Crippen LogP contribution in [0, 0.1) is 0 Å². The van der Waals surface area contributed by atoms with Crippen molar-refractivity contribution < 1.29 is 19.0 Å². The zero-order valence-corrected chi connectivity index (χ0v) is 18.7. The van der Waals surface area contributed by atoms with Gasteiger partial charge < -0.3 is 24.4 Å². The van der Waals surface area contributed by atoms with Gasteiger partial charge in [-0.25, -0.2) is 0 Å². The summed E-state index contributed by atoms with van der Waals surface area (Å²) in [5.74, 6) is 1.47. The Morgan fingerprint density at radius 2 is 1.80 bits per heavy atom. The minimum atomic E-state index is -0.00763. The Bertz CT molecular complexity index is 785. The Hall–Kier alpha value is -2.44. The van der Waals surface area contributed by atoms with E-state index in [1.807, 2.05) is 35.2 Å². The SMILES string of the molecule is CCCN(C(=O)c1cc(OC)c(OCc2ccccc2)c(OC)c1)C1CCNC1.Cl. The Labute approximate surface area is 184 Å². The summed E-state index contributed by atoms with van der Waals surface area (Å²) in [6, 6.07) is 13.6. The summed E-state index contributed by atoms with van der Waals surface area (Å²) in [4.78, 5) is 15.3. The van der Waals surface area contributed by atoms with Crippen molar-refractivity contribution in [3.63, 3.8) is 0 Å². The third-order valence-electron chi connectivity index (χ3n) is 5.13. The van der Waals surface area contributed by atoms with Gasteiger partial charge in [-0.15, -0.1) is 12.4 Å². The molecular formula is C23H31ClN2O4. The van der Waals surface area contributed by atoms with Gasteiger partial charge in [0.15, 0.2) is 11.5 Å². The highest BCUT2D eigenvalue weighted by Gasteiger charge is 2.28. The first kappa shape index (κ1) is 23.8. The van der Waals surface area contributed by atoms with E-state index < -0.39 is 0 Å². The molecule has 1 N–H and O–H groups in total.